The molecule has 0 aliphatic heterocycles. The molecule has 1 N–H and O–H groups in total. The van der Waals surface area contributed by atoms with Crippen LogP contribution in [0, 0.1) is 22.7 Å². The number of benzene rings is 1. The fourth-order valence-electron chi connectivity index (χ4n) is 1.46. The second kappa shape index (κ2) is 6.37. The van der Waals surface area contributed by atoms with Crippen LogP contribution in [-0.4, -0.2) is 12.5 Å². The molecule has 2 rings (SSSR count). The zero-order chi connectivity index (χ0) is 14.4. The number of nitrogens with zero attached hydrogens (tertiary/aromatic N) is 2. The first-order valence-corrected chi connectivity index (χ1v) is 6.51. The monoisotopic (exact) mass is 283 g/mol. The summed E-state index contributed by atoms with van der Waals surface area (Å²) in [5, 5.41) is 22.4. The fourth-order valence-corrected chi connectivity index (χ4v) is 2.21. The van der Waals surface area contributed by atoms with Gasteiger partial charge in [0.05, 0.1) is 17.2 Å². The Bertz CT molecular complexity index is 710. The standard InChI is InChI=1S/C14H9N3O2S/c15-7-10-2-1-3-12(6-10)19-9-13(18)17-14-11(8-16)4-5-20-14/h1-6H,9H2,(H,17,18). The average molecular weight is 283 g/mol. The van der Waals surface area contributed by atoms with E-state index >= 15 is 0 Å². The van der Waals surface area contributed by atoms with E-state index in [1.807, 2.05) is 12.1 Å². The highest BCUT2D eigenvalue weighted by molar-refractivity contribution is 7.14. The lowest BCUT2D eigenvalue weighted by molar-refractivity contribution is -0.118. The van der Waals surface area contributed by atoms with Gasteiger partial charge in [-0.25, -0.2) is 0 Å². The summed E-state index contributed by atoms with van der Waals surface area (Å²) in [6.07, 6.45) is 0. The maximum absolute atomic E-state index is 11.7. The van der Waals surface area contributed by atoms with Gasteiger partial charge in [0, 0.05) is 0 Å². The molecule has 1 amide bonds. The Morgan fingerprint density at radius 3 is 2.90 bits per heavy atom. The van der Waals surface area contributed by atoms with Gasteiger partial charge in [0.1, 0.15) is 16.8 Å². The van der Waals surface area contributed by atoms with Gasteiger partial charge in [-0.2, -0.15) is 10.5 Å². The molecule has 0 spiro atoms. The van der Waals surface area contributed by atoms with Crippen LogP contribution in [0.5, 0.6) is 5.75 Å². The molecule has 0 saturated heterocycles. The molecule has 1 aromatic carbocycles. The Morgan fingerprint density at radius 1 is 1.30 bits per heavy atom. The van der Waals surface area contributed by atoms with Crippen molar-refractivity contribution in [1.82, 2.24) is 0 Å². The number of ether oxygens (including phenoxy) is 1. The summed E-state index contributed by atoms with van der Waals surface area (Å²) in [6, 6.07) is 12.2. The summed E-state index contributed by atoms with van der Waals surface area (Å²) in [5.74, 6) is 0.0946. The van der Waals surface area contributed by atoms with Crippen molar-refractivity contribution in [2.75, 3.05) is 11.9 Å². The molecule has 0 aliphatic rings. The lowest BCUT2D eigenvalue weighted by Crippen LogP contribution is -2.20. The van der Waals surface area contributed by atoms with Crippen LogP contribution in [-0.2, 0) is 4.79 Å². The third-order valence-electron chi connectivity index (χ3n) is 2.37. The molecule has 0 atom stereocenters. The van der Waals surface area contributed by atoms with Gasteiger partial charge in [-0.1, -0.05) is 6.07 Å². The molecule has 0 aliphatic carbocycles. The van der Waals surface area contributed by atoms with Crippen molar-refractivity contribution in [3.05, 3.63) is 46.8 Å². The zero-order valence-electron chi connectivity index (χ0n) is 10.3. The molecule has 0 fully saturated rings. The van der Waals surface area contributed by atoms with Crippen LogP contribution in [0.25, 0.3) is 0 Å². The van der Waals surface area contributed by atoms with Gasteiger partial charge in [-0.15, -0.1) is 11.3 Å². The topological polar surface area (TPSA) is 85.9 Å². The molecule has 1 heterocycles. The first kappa shape index (κ1) is 13.6. The predicted octanol–water partition coefficient (Wildman–Crippen LogP) is 2.51. The third-order valence-corrected chi connectivity index (χ3v) is 3.20. The number of hydrogen-bond acceptors (Lipinski definition) is 5. The number of nitrogens with one attached hydrogen (secondary N) is 1. The lowest BCUT2D eigenvalue weighted by atomic mass is 10.2. The van der Waals surface area contributed by atoms with E-state index in [1.54, 1.807) is 35.7 Å². The van der Waals surface area contributed by atoms with Crippen molar-refractivity contribution < 1.29 is 9.53 Å². The molecule has 0 bridgehead atoms. The van der Waals surface area contributed by atoms with Gasteiger partial charge >= 0.3 is 0 Å². The minimum atomic E-state index is -0.355. The first-order chi connectivity index (χ1) is 9.72. The van der Waals surface area contributed by atoms with Crippen molar-refractivity contribution >= 4 is 22.2 Å². The normalized spacial score (nSPS) is 9.30. The Hall–Kier alpha value is -2.83. The van der Waals surface area contributed by atoms with Crippen molar-refractivity contribution in [1.29, 1.82) is 10.5 Å². The summed E-state index contributed by atoms with van der Waals surface area (Å²) in [4.78, 5) is 11.7. The van der Waals surface area contributed by atoms with Crippen LogP contribution in [0.4, 0.5) is 5.00 Å². The zero-order valence-corrected chi connectivity index (χ0v) is 11.1. The summed E-state index contributed by atoms with van der Waals surface area (Å²) >= 11 is 1.28. The Labute approximate surface area is 119 Å². The van der Waals surface area contributed by atoms with Gasteiger partial charge in [0.2, 0.25) is 0 Å². The minimum Gasteiger partial charge on any atom is -0.484 e. The van der Waals surface area contributed by atoms with Crippen molar-refractivity contribution in [2.24, 2.45) is 0 Å². The summed E-state index contributed by atoms with van der Waals surface area (Å²) in [7, 11) is 0. The van der Waals surface area contributed by atoms with Crippen molar-refractivity contribution in [3.63, 3.8) is 0 Å². The van der Waals surface area contributed by atoms with Crippen LogP contribution in [0.2, 0.25) is 0 Å². The van der Waals surface area contributed by atoms with Gasteiger partial charge in [-0.05, 0) is 29.6 Å². The lowest BCUT2D eigenvalue weighted by Gasteiger charge is -2.06. The number of thiophene rings is 1. The van der Waals surface area contributed by atoms with Crippen molar-refractivity contribution in [3.8, 4) is 17.9 Å². The van der Waals surface area contributed by atoms with E-state index in [9.17, 15) is 4.79 Å². The summed E-state index contributed by atoms with van der Waals surface area (Å²) in [5.41, 5.74) is 0.891. The van der Waals surface area contributed by atoms with E-state index in [0.717, 1.165) is 0 Å². The highest BCUT2D eigenvalue weighted by Gasteiger charge is 2.08. The number of carbonyl (C=O) groups excluding carboxylic acids is 1. The quantitative estimate of drug-likeness (QED) is 0.934. The highest BCUT2D eigenvalue weighted by Crippen LogP contribution is 2.22. The van der Waals surface area contributed by atoms with Gasteiger partial charge < -0.3 is 10.1 Å². The number of rotatable bonds is 4. The average Bonchev–Trinajstić information content (AvgIpc) is 2.92. The van der Waals surface area contributed by atoms with Gasteiger partial charge in [-0.3, -0.25) is 4.79 Å². The number of hydrogen-bond donors (Lipinski definition) is 1. The van der Waals surface area contributed by atoms with Crippen LogP contribution in [0.1, 0.15) is 11.1 Å². The van der Waals surface area contributed by atoms with Gasteiger partial charge in [0.25, 0.3) is 5.91 Å². The van der Waals surface area contributed by atoms with E-state index in [2.05, 4.69) is 5.32 Å². The van der Waals surface area contributed by atoms with E-state index in [1.165, 1.54) is 11.3 Å². The van der Waals surface area contributed by atoms with E-state index in [-0.39, 0.29) is 12.5 Å². The minimum absolute atomic E-state index is 0.183. The Morgan fingerprint density at radius 2 is 2.15 bits per heavy atom. The number of nitriles is 2. The second-order valence-corrected chi connectivity index (χ2v) is 4.67. The molecule has 2 aromatic rings. The van der Waals surface area contributed by atoms with Gasteiger partial charge in [0.15, 0.2) is 6.61 Å². The molecule has 6 heteroatoms. The summed E-state index contributed by atoms with van der Waals surface area (Å²) < 4.78 is 5.29. The molecule has 0 radical (unpaired) electrons. The van der Waals surface area contributed by atoms with Crippen LogP contribution >= 0.6 is 11.3 Å². The number of anilines is 1. The SMILES string of the molecule is N#Cc1cccc(OCC(=O)Nc2sccc2C#N)c1. The Kier molecular flexibility index (Phi) is 4.33. The molecule has 98 valence electrons. The van der Waals surface area contributed by atoms with Crippen molar-refractivity contribution in [2.45, 2.75) is 0 Å². The number of amides is 1. The molecule has 20 heavy (non-hydrogen) atoms. The van der Waals surface area contributed by atoms with E-state index in [4.69, 9.17) is 15.3 Å². The first-order valence-electron chi connectivity index (χ1n) is 5.63. The molecule has 1 aromatic heterocycles. The maximum Gasteiger partial charge on any atom is 0.262 e. The molecular formula is C14H9N3O2S. The molecule has 5 nitrogen and oxygen atoms in total. The smallest absolute Gasteiger partial charge is 0.262 e. The highest BCUT2D eigenvalue weighted by atomic mass is 32.1. The second-order valence-electron chi connectivity index (χ2n) is 3.75. The largest absolute Gasteiger partial charge is 0.484 e. The van der Waals surface area contributed by atoms with Crippen LogP contribution in [0.15, 0.2) is 35.7 Å². The Balaban J connectivity index is 1.93. The maximum atomic E-state index is 11.7. The molecule has 0 unspecified atom stereocenters. The molecular weight excluding hydrogens is 274 g/mol. The number of carbonyl (C=O) groups is 1. The fraction of sp³-hybridized carbons (Fsp3) is 0.0714. The van der Waals surface area contributed by atoms with E-state index < -0.39 is 0 Å². The predicted molar refractivity (Wildman–Crippen MR) is 74.3 cm³/mol. The van der Waals surface area contributed by atoms with Crippen LogP contribution in [0.3, 0.4) is 0 Å². The summed E-state index contributed by atoms with van der Waals surface area (Å²) in [6.45, 7) is -0.183. The molecule has 0 saturated carbocycles. The van der Waals surface area contributed by atoms with Crippen LogP contribution < -0.4 is 10.1 Å². The third kappa shape index (κ3) is 3.35. The van der Waals surface area contributed by atoms with E-state index in [0.29, 0.717) is 21.9 Å².